The minimum atomic E-state index is -1.56. The molecule has 1 aliphatic heterocycles. The smallest absolute Gasteiger partial charge is 0.326 e. The maximum absolute atomic E-state index is 13.8. The maximum Gasteiger partial charge on any atom is 0.326 e. The van der Waals surface area contributed by atoms with Gasteiger partial charge in [0.05, 0.1) is 12.7 Å². The SMILES string of the molecule is CC[C@H](C)[C@H](NC(=O)[C@@H](N)CO)C(=O)N[C@H](C(=O)N[C@H](C(=O)N[C@H](C(=O)N[C@@H](Cc1ccccc1)C(=O)N1CCC[C@H]1C(=O)O)C(C)C)C(C)C)[C@@H](C)O. The van der Waals surface area contributed by atoms with E-state index in [1.165, 1.54) is 11.8 Å². The third-order valence-corrected chi connectivity index (χ3v) is 9.60. The molecule has 1 saturated heterocycles. The van der Waals surface area contributed by atoms with Gasteiger partial charge in [0.25, 0.3) is 0 Å². The largest absolute Gasteiger partial charge is 0.480 e. The van der Waals surface area contributed by atoms with Crippen LogP contribution in [-0.2, 0) is 40.0 Å². The molecule has 10 N–H and O–H groups in total. The van der Waals surface area contributed by atoms with Gasteiger partial charge in [-0.3, -0.25) is 28.8 Å². The van der Waals surface area contributed by atoms with Gasteiger partial charge < -0.3 is 52.5 Å². The number of rotatable bonds is 20. The predicted octanol–water partition coefficient (Wildman–Crippen LogP) is -1.21. The lowest BCUT2D eigenvalue weighted by Crippen LogP contribution is -2.63. The molecule has 6 amide bonds. The third kappa shape index (κ3) is 12.8. The highest BCUT2D eigenvalue weighted by atomic mass is 16.4. The van der Waals surface area contributed by atoms with Crippen molar-refractivity contribution in [1.82, 2.24) is 31.5 Å². The molecule has 0 saturated carbocycles. The Labute approximate surface area is 316 Å². The van der Waals surface area contributed by atoms with Crippen LogP contribution in [-0.4, -0.2) is 123 Å². The Kier molecular flexibility index (Phi) is 18.0. The Morgan fingerprint density at radius 2 is 1.24 bits per heavy atom. The minimum Gasteiger partial charge on any atom is -0.480 e. The van der Waals surface area contributed by atoms with Crippen LogP contribution in [0.4, 0.5) is 0 Å². The van der Waals surface area contributed by atoms with Gasteiger partial charge in [-0.05, 0) is 43.1 Å². The summed E-state index contributed by atoms with van der Waals surface area (Å²) in [5.74, 6) is -7.10. The van der Waals surface area contributed by atoms with E-state index < -0.39 is 114 Å². The Morgan fingerprint density at radius 3 is 1.72 bits per heavy atom. The number of likely N-dealkylation sites (tertiary alicyclic amines) is 1. The van der Waals surface area contributed by atoms with E-state index in [0.29, 0.717) is 12.8 Å². The molecule has 1 aromatic rings. The highest BCUT2D eigenvalue weighted by Gasteiger charge is 2.40. The maximum atomic E-state index is 13.8. The van der Waals surface area contributed by atoms with Gasteiger partial charge in [-0.25, -0.2) is 4.79 Å². The van der Waals surface area contributed by atoms with Crippen LogP contribution in [0.2, 0.25) is 0 Å². The molecule has 1 fully saturated rings. The lowest BCUT2D eigenvalue weighted by molar-refractivity contribution is -0.149. The minimum absolute atomic E-state index is 0.0694. The van der Waals surface area contributed by atoms with Gasteiger partial charge in [0, 0.05) is 13.0 Å². The highest BCUT2D eigenvalue weighted by molar-refractivity contribution is 5.97. The van der Waals surface area contributed by atoms with Gasteiger partial charge in [0.1, 0.15) is 42.3 Å². The molecule has 0 aliphatic carbocycles. The van der Waals surface area contributed by atoms with Gasteiger partial charge >= 0.3 is 5.97 Å². The average Bonchev–Trinajstić information content (AvgIpc) is 3.63. The number of hydrogen-bond acceptors (Lipinski definition) is 10. The first kappa shape index (κ1) is 45.5. The van der Waals surface area contributed by atoms with Crippen LogP contribution in [0.15, 0.2) is 30.3 Å². The van der Waals surface area contributed by atoms with Crippen LogP contribution in [0, 0.1) is 17.8 Å². The number of aliphatic hydroxyl groups is 2. The fraction of sp³-hybridized carbons (Fsp3) is 0.649. The van der Waals surface area contributed by atoms with Crippen molar-refractivity contribution in [3.63, 3.8) is 0 Å². The van der Waals surface area contributed by atoms with Crippen molar-refractivity contribution < 1.29 is 48.9 Å². The quantitative estimate of drug-likeness (QED) is 0.0761. The van der Waals surface area contributed by atoms with Gasteiger partial charge in [-0.2, -0.15) is 0 Å². The Bertz CT molecular complexity index is 1460. The highest BCUT2D eigenvalue weighted by Crippen LogP contribution is 2.20. The number of carbonyl (C=O) groups is 7. The molecule has 302 valence electrons. The van der Waals surface area contributed by atoms with E-state index in [2.05, 4.69) is 26.6 Å². The second-order valence-corrected chi connectivity index (χ2v) is 14.6. The molecule has 9 atom stereocenters. The summed E-state index contributed by atoms with van der Waals surface area (Å²) in [5, 5.41) is 42.4. The van der Waals surface area contributed by atoms with Crippen LogP contribution >= 0.6 is 0 Å². The van der Waals surface area contributed by atoms with Crippen molar-refractivity contribution in [1.29, 1.82) is 0 Å². The number of nitrogens with zero attached hydrogens (tertiary/aromatic N) is 1. The van der Waals surface area contributed by atoms with E-state index in [1.54, 1.807) is 71.9 Å². The van der Waals surface area contributed by atoms with E-state index in [1.807, 2.05) is 0 Å². The average molecular weight is 762 g/mol. The second-order valence-electron chi connectivity index (χ2n) is 14.6. The molecule has 0 bridgehead atoms. The van der Waals surface area contributed by atoms with Crippen molar-refractivity contribution in [2.75, 3.05) is 13.2 Å². The molecule has 17 nitrogen and oxygen atoms in total. The Morgan fingerprint density at radius 1 is 0.759 bits per heavy atom. The second kappa shape index (κ2) is 21.3. The molecule has 54 heavy (non-hydrogen) atoms. The van der Waals surface area contributed by atoms with Crippen LogP contribution in [0.25, 0.3) is 0 Å². The van der Waals surface area contributed by atoms with E-state index in [0.717, 1.165) is 5.56 Å². The standard InChI is InChI=1S/C37H59N7O10/c1-8-21(6)29(42-31(47)24(38)18-45)34(50)43-30(22(7)46)35(51)41-28(20(4)5)33(49)40-27(19(2)3)32(48)39-25(17-23-13-10-9-11-14-23)36(52)44-16-12-15-26(44)37(53)54/h9-11,13-14,19-22,24-30,45-46H,8,12,15-18,38H2,1-7H3,(H,39,48)(H,40,49)(H,41,51)(H,42,47)(H,43,50)(H,53,54)/t21-,22+,24-,25-,26-,27-,28-,29-,30-/m0/s1. The lowest BCUT2D eigenvalue weighted by atomic mass is 9.96. The number of carboxylic acids is 1. The van der Waals surface area contributed by atoms with Crippen molar-refractivity contribution in [3.05, 3.63) is 35.9 Å². The Hall–Kier alpha value is -4.61. The van der Waals surface area contributed by atoms with Gasteiger partial charge in [0.15, 0.2) is 0 Å². The number of carboxylic acid groups (broad SMARTS) is 1. The molecule has 0 radical (unpaired) electrons. The molecule has 1 heterocycles. The first-order valence-corrected chi connectivity index (χ1v) is 18.5. The van der Waals surface area contributed by atoms with Crippen LogP contribution in [0.3, 0.4) is 0 Å². The molecular weight excluding hydrogens is 702 g/mol. The van der Waals surface area contributed by atoms with E-state index in [-0.39, 0.29) is 19.4 Å². The van der Waals surface area contributed by atoms with E-state index in [9.17, 15) is 48.9 Å². The van der Waals surface area contributed by atoms with Crippen LogP contribution in [0.5, 0.6) is 0 Å². The number of carbonyl (C=O) groups excluding carboxylic acids is 6. The molecule has 17 heteroatoms. The summed E-state index contributed by atoms with van der Waals surface area (Å²) in [6.45, 7) is 10.9. The Balaban J connectivity index is 2.28. The number of aliphatic hydroxyl groups excluding tert-OH is 2. The summed E-state index contributed by atoms with van der Waals surface area (Å²) in [5.41, 5.74) is 6.32. The summed E-state index contributed by atoms with van der Waals surface area (Å²) in [4.78, 5) is 93.8. The van der Waals surface area contributed by atoms with Gasteiger partial charge in [-0.15, -0.1) is 0 Å². The number of amides is 6. The number of hydrogen-bond donors (Lipinski definition) is 9. The molecule has 0 unspecified atom stereocenters. The molecule has 0 aromatic heterocycles. The summed E-state index contributed by atoms with van der Waals surface area (Å²) in [6.07, 6.45) is -0.146. The van der Waals surface area contributed by atoms with Crippen molar-refractivity contribution >= 4 is 41.4 Å². The normalized spacial score (nSPS) is 18.7. The number of benzene rings is 1. The van der Waals surface area contributed by atoms with E-state index >= 15 is 0 Å². The first-order chi connectivity index (χ1) is 25.3. The molecule has 0 spiro atoms. The summed E-state index contributed by atoms with van der Waals surface area (Å²) < 4.78 is 0. The fourth-order valence-electron chi connectivity index (χ4n) is 6.05. The number of nitrogens with two attached hydrogens (primary N) is 1. The first-order valence-electron chi connectivity index (χ1n) is 18.5. The molecule has 2 rings (SSSR count). The molecule has 1 aromatic carbocycles. The van der Waals surface area contributed by atoms with Crippen molar-refractivity contribution in [2.45, 2.75) is 123 Å². The van der Waals surface area contributed by atoms with Crippen molar-refractivity contribution in [2.24, 2.45) is 23.5 Å². The number of nitrogens with one attached hydrogen (secondary N) is 5. The van der Waals surface area contributed by atoms with Gasteiger partial charge in [-0.1, -0.05) is 78.3 Å². The lowest BCUT2D eigenvalue weighted by Gasteiger charge is -2.31. The monoisotopic (exact) mass is 761 g/mol. The molecular formula is C37H59N7O10. The van der Waals surface area contributed by atoms with Crippen molar-refractivity contribution in [3.8, 4) is 0 Å². The zero-order valence-corrected chi connectivity index (χ0v) is 32.2. The fourth-order valence-corrected chi connectivity index (χ4v) is 6.05. The van der Waals surface area contributed by atoms with Gasteiger partial charge in [0.2, 0.25) is 35.4 Å². The zero-order chi connectivity index (χ0) is 40.9. The summed E-state index contributed by atoms with van der Waals surface area (Å²) >= 11 is 0. The zero-order valence-electron chi connectivity index (χ0n) is 32.2. The topological polar surface area (TPSA) is 270 Å². The van der Waals surface area contributed by atoms with Crippen LogP contribution < -0.4 is 32.3 Å². The predicted molar refractivity (Wildman–Crippen MR) is 198 cm³/mol. The summed E-state index contributed by atoms with van der Waals surface area (Å²) in [7, 11) is 0. The summed E-state index contributed by atoms with van der Waals surface area (Å²) in [6, 6.07) is 0.287. The third-order valence-electron chi connectivity index (χ3n) is 9.60. The van der Waals surface area contributed by atoms with E-state index in [4.69, 9.17) is 5.73 Å². The number of aliphatic carboxylic acids is 1. The van der Waals surface area contributed by atoms with Crippen LogP contribution in [0.1, 0.15) is 73.3 Å². The molecule has 1 aliphatic rings.